The molecule has 0 amide bonds. The van der Waals surface area contributed by atoms with Crippen LogP contribution in [0.5, 0.6) is 5.88 Å². The molecule has 4 nitrogen and oxygen atoms in total. The van der Waals surface area contributed by atoms with E-state index in [2.05, 4.69) is 22.0 Å². The van der Waals surface area contributed by atoms with Crippen LogP contribution in [-0.2, 0) is 0 Å². The number of hydrogen-bond donors (Lipinski definition) is 0. The van der Waals surface area contributed by atoms with Crippen molar-refractivity contribution in [2.75, 3.05) is 13.1 Å². The molecule has 3 aliphatic rings. The van der Waals surface area contributed by atoms with Gasteiger partial charge in [-0.05, 0) is 44.8 Å². The van der Waals surface area contributed by atoms with Gasteiger partial charge in [0.1, 0.15) is 6.10 Å². The van der Waals surface area contributed by atoms with Crippen LogP contribution in [0.15, 0.2) is 42.5 Å². The summed E-state index contributed by atoms with van der Waals surface area (Å²) in [6, 6.07) is 14.5. The van der Waals surface area contributed by atoms with Crippen molar-refractivity contribution >= 4 is 0 Å². The van der Waals surface area contributed by atoms with Gasteiger partial charge < -0.3 is 4.74 Å². The van der Waals surface area contributed by atoms with Gasteiger partial charge >= 0.3 is 0 Å². The average molecular weight is 295 g/mol. The van der Waals surface area contributed by atoms with E-state index < -0.39 is 0 Å². The molecule has 2 unspecified atom stereocenters. The first-order valence-electron chi connectivity index (χ1n) is 8.11. The highest BCUT2D eigenvalue weighted by Gasteiger charge is 2.41. The number of benzene rings is 1. The number of piperidine rings is 3. The smallest absolute Gasteiger partial charge is 0.233 e. The molecule has 1 aromatic carbocycles. The van der Waals surface area contributed by atoms with Gasteiger partial charge in [-0.2, -0.15) is 0 Å². The van der Waals surface area contributed by atoms with Gasteiger partial charge in [0, 0.05) is 17.7 Å². The summed E-state index contributed by atoms with van der Waals surface area (Å²) in [4.78, 5) is 2.52. The Hall–Kier alpha value is -1.94. The predicted octanol–water partition coefficient (Wildman–Crippen LogP) is 3.01. The van der Waals surface area contributed by atoms with Gasteiger partial charge in [0.05, 0.1) is 5.69 Å². The Labute approximate surface area is 131 Å². The van der Waals surface area contributed by atoms with Gasteiger partial charge in [-0.3, -0.25) is 4.90 Å². The molecule has 4 heterocycles. The van der Waals surface area contributed by atoms with E-state index in [1.54, 1.807) is 0 Å². The number of fused-ring (bicyclic) bond motifs is 3. The minimum atomic E-state index is 0.249. The maximum atomic E-state index is 6.18. The Morgan fingerprint density at radius 3 is 2.41 bits per heavy atom. The molecular weight excluding hydrogens is 274 g/mol. The lowest BCUT2D eigenvalue weighted by Gasteiger charge is -2.48. The third-order valence-corrected chi connectivity index (χ3v) is 5.06. The van der Waals surface area contributed by atoms with Crippen LogP contribution in [0, 0.1) is 5.92 Å². The topological polar surface area (TPSA) is 38.3 Å². The summed E-state index contributed by atoms with van der Waals surface area (Å²) in [5.41, 5.74) is 1.97. The minimum Gasteiger partial charge on any atom is -0.471 e. The summed E-state index contributed by atoms with van der Waals surface area (Å²) in [7, 11) is 0. The van der Waals surface area contributed by atoms with E-state index in [1.807, 2.05) is 42.5 Å². The summed E-state index contributed by atoms with van der Waals surface area (Å²) in [6.07, 6.45) is 2.73. The molecule has 2 atom stereocenters. The van der Waals surface area contributed by atoms with E-state index in [4.69, 9.17) is 4.74 Å². The fraction of sp³-hybridized carbons (Fsp3) is 0.444. The molecule has 22 heavy (non-hydrogen) atoms. The number of hydrogen-bond acceptors (Lipinski definition) is 4. The Bertz CT molecular complexity index is 619. The van der Waals surface area contributed by atoms with E-state index in [-0.39, 0.29) is 6.10 Å². The SMILES string of the molecule is CC1C(Oc2ccc(-c3ccccc3)nn2)C2CCN1CC2. The molecule has 2 bridgehead atoms. The maximum Gasteiger partial charge on any atom is 0.233 e. The van der Waals surface area contributed by atoms with Gasteiger partial charge in [0.25, 0.3) is 0 Å². The van der Waals surface area contributed by atoms with E-state index in [0.29, 0.717) is 17.8 Å². The van der Waals surface area contributed by atoms with Crippen LogP contribution >= 0.6 is 0 Å². The molecular formula is C18H21N3O. The van der Waals surface area contributed by atoms with Crippen molar-refractivity contribution in [3.8, 4) is 17.1 Å². The van der Waals surface area contributed by atoms with Crippen molar-refractivity contribution in [1.82, 2.24) is 15.1 Å². The molecule has 3 fully saturated rings. The second-order valence-corrected chi connectivity index (χ2v) is 6.32. The molecule has 0 spiro atoms. The van der Waals surface area contributed by atoms with Crippen molar-refractivity contribution in [3.63, 3.8) is 0 Å². The summed E-state index contributed by atoms with van der Waals surface area (Å²) in [5.74, 6) is 1.31. The third-order valence-electron chi connectivity index (χ3n) is 5.06. The zero-order valence-electron chi connectivity index (χ0n) is 12.9. The van der Waals surface area contributed by atoms with E-state index in [9.17, 15) is 0 Å². The first-order chi connectivity index (χ1) is 10.8. The molecule has 3 saturated heterocycles. The van der Waals surface area contributed by atoms with E-state index >= 15 is 0 Å². The molecule has 0 radical (unpaired) electrons. The Kier molecular flexibility index (Phi) is 3.54. The van der Waals surface area contributed by atoms with Gasteiger partial charge in [-0.25, -0.2) is 0 Å². The quantitative estimate of drug-likeness (QED) is 0.872. The Morgan fingerprint density at radius 1 is 1.00 bits per heavy atom. The zero-order chi connectivity index (χ0) is 14.9. The van der Waals surface area contributed by atoms with Crippen LogP contribution in [0.4, 0.5) is 0 Å². The van der Waals surface area contributed by atoms with Crippen LogP contribution in [-0.4, -0.2) is 40.3 Å². The summed E-state index contributed by atoms with van der Waals surface area (Å²) in [6.45, 7) is 4.69. The summed E-state index contributed by atoms with van der Waals surface area (Å²) in [5, 5.41) is 8.59. The fourth-order valence-corrected chi connectivity index (χ4v) is 3.74. The van der Waals surface area contributed by atoms with Crippen LogP contribution in [0.1, 0.15) is 19.8 Å². The normalized spacial score (nSPS) is 30.2. The predicted molar refractivity (Wildman–Crippen MR) is 85.6 cm³/mol. The van der Waals surface area contributed by atoms with Crippen molar-refractivity contribution < 1.29 is 4.74 Å². The van der Waals surface area contributed by atoms with Crippen LogP contribution in [0.3, 0.4) is 0 Å². The molecule has 114 valence electrons. The highest BCUT2D eigenvalue weighted by Crippen LogP contribution is 2.34. The molecule has 4 heteroatoms. The number of rotatable bonds is 3. The molecule has 0 aliphatic carbocycles. The van der Waals surface area contributed by atoms with Crippen LogP contribution < -0.4 is 4.74 Å². The molecule has 3 aliphatic heterocycles. The zero-order valence-corrected chi connectivity index (χ0v) is 12.9. The fourth-order valence-electron chi connectivity index (χ4n) is 3.74. The lowest BCUT2D eigenvalue weighted by molar-refractivity contribution is -0.0528. The lowest BCUT2D eigenvalue weighted by atomic mass is 9.81. The van der Waals surface area contributed by atoms with E-state index in [0.717, 1.165) is 11.3 Å². The van der Waals surface area contributed by atoms with Crippen molar-refractivity contribution in [1.29, 1.82) is 0 Å². The Balaban J connectivity index is 1.50. The molecule has 0 N–H and O–H groups in total. The first kappa shape index (κ1) is 13.7. The van der Waals surface area contributed by atoms with Crippen LogP contribution in [0.25, 0.3) is 11.3 Å². The second-order valence-electron chi connectivity index (χ2n) is 6.32. The van der Waals surface area contributed by atoms with Gasteiger partial charge in [0.15, 0.2) is 0 Å². The molecule has 1 aromatic heterocycles. The monoisotopic (exact) mass is 295 g/mol. The largest absolute Gasteiger partial charge is 0.471 e. The van der Waals surface area contributed by atoms with Gasteiger partial charge in [0.2, 0.25) is 5.88 Å². The van der Waals surface area contributed by atoms with Gasteiger partial charge in [-0.15, -0.1) is 10.2 Å². The van der Waals surface area contributed by atoms with Gasteiger partial charge in [-0.1, -0.05) is 30.3 Å². The number of ether oxygens (including phenoxy) is 1. The minimum absolute atomic E-state index is 0.249. The number of nitrogens with zero attached hydrogens (tertiary/aromatic N) is 3. The first-order valence-corrected chi connectivity index (χ1v) is 8.11. The van der Waals surface area contributed by atoms with Crippen molar-refractivity contribution in [2.24, 2.45) is 5.92 Å². The summed E-state index contributed by atoms with van der Waals surface area (Å²) >= 11 is 0. The molecule has 2 aromatic rings. The standard InChI is InChI=1S/C18H21N3O/c1-13-18(15-9-11-21(13)12-10-15)22-17-8-7-16(19-20-17)14-5-3-2-4-6-14/h2-8,13,15,18H,9-12H2,1H3. The molecule has 0 saturated carbocycles. The highest BCUT2D eigenvalue weighted by atomic mass is 16.5. The Morgan fingerprint density at radius 2 is 1.77 bits per heavy atom. The summed E-state index contributed by atoms with van der Waals surface area (Å²) < 4.78 is 6.18. The average Bonchev–Trinajstić information content (AvgIpc) is 2.60. The van der Waals surface area contributed by atoms with Crippen molar-refractivity contribution in [3.05, 3.63) is 42.5 Å². The lowest BCUT2D eigenvalue weighted by Crippen LogP contribution is -2.58. The van der Waals surface area contributed by atoms with Crippen LogP contribution in [0.2, 0.25) is 0 Å². The molecule has 5 rings (SSSR count). The van der Waals surface area contributed by atoms with Crippen molar-refractivity contribution in [2.45, 2.75) is 31.9 Å². The highest BCUT2D eigenvalue weighted by molar-refractivity contribution is 5.58. The van der Waals surface area contributed by atoms with E-state index in [1.165, 1.54) is 25.9 Å². The second kappa shape index (κ2) is 5.69. The maximum absolute atomic E-state index is 6.18. The third kappa shape index (κ3) is 2.48. The number of aromatic nitrogens is 2.